The van der Waals surface area contributed by atoms with E-state index in [2.05, 4.69) is 37.3 Å². The topological polar surface area (TPSA) is 9.23 Å². The van der Waals surface area contributed by atoms with Crippen LogP contribution in [-0.4, -0.2) is 6.92 Å². The van der Waals surface area contributed by atoms with Crippen LogP contribution in [0.25, 0.3) is 0 Å². The van der Waals surface area contributed by atoms with Crippen molar-refractivity contribution in [2.75, 3.05) is 0 Å². The third-order valence-electron chi connectivity index (χ3n) is 4.86. The molecule has 18 heavy (non-hydrogen) atoms. The van der Waals surface area contributed by atoms with Gasteiger partial charge in [0.05, 0.1) is 6.10 Å². The van der Waals surface area contributed by atoms with Gasteiger partial charge in [-0.3, -0.25) is 0 Å². The zero-order valence-corrected chi connectivity index (χ0v) is 11.3. The molecular weight excluding hydrogens is 219 g/mol. The highest BCUT2D eigenvalue weighted by atomic mass is 16.4. The van der Waals surface area contributed by atoms with Crippen LogP contribution in [0.1, 0.15) is 57.1 Å². The number of hydrogen-bond donors (Lipinski definition) is 0. The van der Waals surface area contributed by atoms with Crippen molar-refractivity contribution in [3.05, 3.63) is 35.9 Å². The first-order valence-corrected chi connectivity index (χ1v) is 7.55. The minimum absolute atomic E-state index is 0.248. The summed E-state index contributed by atoms with van der Waals surface area (Å²) in [6.45, 7) is 2.74. The van der Waals surface area contributed by atoms with Gasteiger partial charge in [-0.25, -0.2) is 0 Å². The van der Waals surface area contributed by atoms with Crippen molar-refractivity contribution in [3.63, 3.8) is 0 Å². The molecule has 1 aromatic rings. The van der Waals surface area contributed by atoms with Crippen molar-refractivity contribution >= 4 is 6.92 Å². The largest absolute Gasteiger partial charge is 0.429 e. The summed E-state index contributed by atoms with van der Waals surface area (Å²) >= 11 is 0. The minimum Gasteiger partial charge on any atom is -0.429 e. The lowest BCUT2D eigenvalue weighted by Gasteiger charge is -2.40. The molecular formula is C16H23BO. The maximum Gasteiger partial charge on any atom is 0.300 e. The van der Waals surface area contributed by atoms with Gasteiger partial charge in [-0.05, 0) is 24.1 Å². The van der Waals surface area contributed by atoms with Gasteiger partial charge < -0.3 is 4.65 Å². The first-order valence-electron chi connectivity index (χ1n) is 7.55. The van der Waals surface area contributed by atoms with Gasteiger partial charge in [0.1, 0.15) is 0 Å². The van der Waals surface area contributed by atoms with E-state index >= 15 is 0 Å². The number of hydrogen-bond acceptors (Lipinski definition) is 1. The van der Waals surface area contributed by atoms with Crippen LogP contribution in [0, 0.1) is 0 Å². The quantitative estimate of drug-likeness (QED) is 0.687. The molecule has 0 amide bonds. The summed E-state index contributed by atoms with van der Waals surface area (Å²) in [5, 5.41) is 0. The fourth-order valence-corrected chi connectivity index (χ4v) is 3.88. The Morgan fingerprint density at radius 1 is 1.00 bits per heavy atom. The van der Waals surface area contributed by atoms with Gasteiger partial charge in [-0.1, -0.05) is 68.9 Å². The standard InChI is InChI=1S/C16H23BO/c1-13(14-7-3-2-4-8-14)18-17-15-9-5-10-16(17)12-6-11-15/h2-4,7-8,13,15-16H,5-6,9-12H2,1H3. The van der Waals surface area contributed by atoms with E-state index in [1.165, 1.54) is 44.1 Å². The molecule has 2 saturated heterocycles. The highest BCUT2D eigenvalue weighted by Gasteiger charge is 2.41. The molecule has 0 radical (unpaired) electrons. The van der Waals surface area contributed by atoms with E-state index in [0.29, 0.717) is 6.92 Å². The number of fused-ring (bicyclic) bond motifs is 2. The van der Waals surface area contributed by atoms with Crippen molar-refractivity contribution in [3.8, 4) is 0 Å². The maximum absolute atomic E-state index is 6.44. The van der Waals surface area contributed by atoms with Crippen molar-refractivity contribution in [2.45, 2.75) is 63.2 Å². The Morgan fingerprint density at radius 3 is 2.11 bits per heavy atom. The van der Waals surface area contributed by atoms with Crippen LogP contribution in [0.5, 0.6) is 0 Å². The summed E-state index contributed by atoms with van der Waals surface area (Å²) in [5.74, 6) is 1.67. The zero-order chi connectivity index (χ0) is 12.4. The molecule has 0 spiro atoms. The summed E-state index contributed by atoms with van der Waals surface area (Å²) < 4.78 is 6.44. The second kappa shape index (κ2) is 5.48. The van der Waals surface area contributed by atoms with Crippen LogP contribution >= 0.6 is 0 Å². The Kier molecular flexibility index (Phi) is 3.74. The van der Waals surface area contributed by atoms with Gasteiger partial charge in [0.25, 0.3) is 6.92 Å². The number of benzene rings is 1. The maximum atomic E-state index is 6.44. The van der Waals surface area contributed by atoms with E-state index in [0.717, 1.165) is 11.6 Å². The molecule has 3 rings (SSSR count). The molecule has 2 aliphatic heterocycles. The van der Waals surface area contributed by atoms with Crippen LogP contribution in [0.3, 0.4) is 0 Å². The molecule has 2 aliphatic rings. The van der Waals surface area contributed by atoms with Gasteiger partial charge in [0.2, 0.25) is 0 Å². The lowest BCUT2D eigenvalue weighted by Crippen LogP contribution is -2.37. The molecule has 0 aromatic heterocycles. The van der Waals surface area contributed by atoms with Crippen LogP contribution in [0.4, 0.5) is 0 Å². The predicted octanol–water partition coefficient (Wildman–Crippen LogP) is 4.86. The summed E-state index contributed by atoms with van der Waals surface area (Å²) in [7, 11) is 0. The second-order valence-corrected chi connectivity index (χ2v) is 6.04. The molecule has 0 aliphatic carbocycles. The monoisotopic (exact) mass is 242 g/mol. The van der Waals surface area contributed by atoms with E-state index in [1.807, 2.05) is 0 Å². The molecule has 2 heteroatoms. The molecule has 96 valence electrons. The Bertz CT molecular complexity index is 356. The predicted molar refractivity (Wildman–Crippen MR) is 76.9 cm³/mol. The average Bonchev–Trinajstić information content (AvgIpc) is 2.39. The van der Waals surface area contributed by atoms with Crippen LogP contribution in [-0.2, 0) is 4.65 Å². The SMILES string of the molecule is CC(OB1C2CCCC1CCC2)c1ccccc1. The van der Waals surface area contributed by atoms with Gasteiger partial charge >= 0.3 is 0 Å². The average molecular weight is 242 g/mol. The molecule has 2 heterocycles. The second-order valence-electron chi connectivity index (χ2n) is 6.04. The van der Waals surface area contributed by atoms with E-state index in [4.69, 9.17) is 4.65 Å². The third kappa shape index (κ3) is 2.49. The fourth-order valence-electron chi connectivity index (χ4n) is 3.88. The first-order chi connectivity index (χ1) is 8.84. The van der Waals surface area contributed by atoms with Crippen molar-refractivity contribution in [2.24, 2.45) is 0 Å². The first kappa shape index (κ1) is 12.3. The molecule has 1 nitrogen and oxygen atoms in total. The van der Waals surface area contributed by atoms with Crippen molar-refractivity contribution in [1.29, 1.82) is 0 Å². The summed E-state index contributed by atoms with van der Waals surface area (Å²) in [6.07, 6.45) is 8.66. The van der Waals surface area contributed by atoms with Gasteiger partial charge in [0.15, 0.2) is 0 Å². The Morgan fingerprint density at radius 2 is 1.56 bits per heavy atom. The van der Waals surface area contributed by atoms with Crippen molar-refractivity contribution in [1.82, 2.24) is 0 Å². The van der Waals surface area contributed by atoms with Crippen LogP contribution < -0.4 is 0 Å². The Balaban J connectivity index is 1.68. The van der Waals surface area contributed by atoms with Gasteiger partial charge in [-0.2, -0.15) is 0 Å². The Labute approximate surface area is 111 Å². The van der Waals surface area contributed by atoms with Gasteiger partial charge in [0, 0.05) is 0 Å². The normalized spacial score (nSPS) is 29.1. The lowest BCUT2D eigenvalue weighted by molar-refractivity contribution is 0.196. The van der Waals surface area contributed by atoms with Gasteiger partial charge in [-0.15, -0.1) is 0 Å². The molecule has 1 aromatic carbocycles. The highest BCUT2D eigenvalue weighted by Crippen LogP contribution is 2.47. The minimum atomic E-state index is 0.248. The van der Waals surface area contributed by atoms with Crippen molar-refractivity contribution < 1.29 is 4.65 Å². The highest BCUT2D eigenvalue weighted by molar-refractivity contribution is 6.56. The molecule has 2 fully saturated rings. The molecule has 1 atom stereocenters. The lowest BCUT2D eigenvalue weighted by atomic mass is 9.38. The fraction of sp³-hybridized carbons (Fsp3) is 0.625. The van der Waals surface area contributed by atoms with E-state index in [-0.39, 0.29) is 6.10 Å². The smallest absolute Gasteiger partial charge is 0.300 e. The molecule has 2 bridgehead atoms. The summed E-state index contributed by atoms with van der Waals surface area (Å²) in [5.41, 5.74) is 1.32. The van der Waals surface area contributed by atoms with Crippen LogP contribution in [0.15, 0.2) is 30.3 Å². The van der Waals surface area contributed by atoms with Crippen LogP contribution in [0.2, 0.25) is 11.6 Å². The number of rotatable bonds is 3. The molecule has 0 saturated carbocycles. The summed E-state index contributed by atoms with van der Waals surface area (Å²) in [4.78, 5) is 0. The summed E-state index contributed by atoms with van der Waals surface area (Å²) in [6, 6.07) is 10.7. The Hall–Kier alpha value is -0.755. The van der Waals surface area contributed by atoms with E-state index < -0.39 is 0 Å². The molecule has 0 N–H and O–H groups in total. The van der Waals surface area contributed by atoms with E-state index in [1.54, 1.807) is 0 Å². The molecule has 1 unspecified atom stereocenters. The van der Waals surface area contributed by atoms with E-state index in [9.17, 15) is 0 Å². The zero-order valence-electron chi connectivity index (χ0n) is 11.3. The third-order valence-corrected chi connectivity index (χ3v) is 4.86.